The van der Waals surface area contributed by atoms with Crippen LogP contribution in [-0.2, 0) is 9.84 Å². The third kappa shape index (κ3) is 3.47. The number of nitrogens with zero attached hydrogens (tertiary/aromatic N) is 3. The van der Waals surface area contributed by atoms with E-state index >= 15 is 0 Å². The zero-order chi connectivity index (χ0) is 19.2. The van der Waals surface area contributed by atoms with E-state index in [1.54, 1.807) is 23.0 Å². The van der Waals surface area contributed by atoms with Gasteiger partial charge in [-0.05, 0) is 31.5 Å². The van der Waals surface area contributed by atoms with Crippen molar-refractivity contribution in [1.29, 1.82) is 0 Å². The summed E-state index contributed by atoms with van der Waals surface area (Å²) >= 11 is 1.35. The van der Waals surface area contributed by atoms with Crippen molar-refractivity contribution in [2.45, 2.75) is 25.4 Å². The average molecular weight is 406 g/mol. The summed E-state index contributed by atoms with van der Waals surface area (Å²) in [6.45, 7) is 1.93. The molecule has 8 nitrogen and oxygen atoms in total. The molecule has 3 N–H and O–H groups in total. The van der Waals surface area contributed by atoms with Crippen molar-refractivity contribution < 1.29 is 13.2 Å². The number of aromatic nitrogens is 3. The molecule has 1 aliphatic rings. The van der Waals surface area contributed by atoms with Crippen LogP contribution in [0.25, 0.3) is 16.9 Å². The molecule has 142 valence electrons. The first-order valence-corrected chi connectivity index (χ1v) is 11.1. The lowest BCUT2D eigenvalue weighted by Crippen LogP contribution is -2.55. The van der Waals surface area contributed by atoms with E-state index in [-0.39, 0.29) is 23.5 Å². The Labute approximate surface area is 160 Å². The lowest BCUT2D eigenvalue weighted by atomic mass is 10.1. The van der Waals surface area contributed by atoms with Crippen molar-refractivity contribution in [1.82, 2.24) is 19.9 Å². The van der Waals surface area contributed by atoms with Crippen LogP contribution in [0.4, 0.5) is 0 Å². The van der Waals surface area contributed by atoms with Crippen molar-refractivity contribution in [2.75, 3.05) is 11.5 Å². The number of carbonyl (C=O) groups excluding carboxylic acids is 1. The van der Waals surface area contributed by atoms with Gasteiger partial charge in [-0.3, -0.25) is 4.79 Å². The third-order valence-corrected chi connectivity index (χ3v) is 7.50. The van der Waals surface area contributed by atoms with Crippen molar-refractivity contribution in [3.05, 3.63) is 40.3 Å². The maximum atomic E-state index is 12.7. The molecule has 3 aromatic heterocycles. The van der Waals surface area contributed by atoms with Crippen LogP contribution in [0.3, 0.4) is 0 Å². The molecule has 2 atom stereocenters. The van der Waals surface area contributed by atoms with Crippen LogP contribution in [0.2, 0.25) is 0 Å². The zero-order valence-electron chi connectivity index (χ0n) is 14.6. The molecular weight excluding hydrogens is 386 g/mol. The molecule has 4 rings (SSSR count). The van der Waals surface area contributed by atoms with Gasteiger partial charge < -0.3 is 11.1 Å². The number of sulfone groups is 1. The Morgan fingerprint density at radius 1 is 1.44 bits per heavy atom. The number of rotatable bonds is 3. The average Bonchev–Trinajstić information content (AvgIpc) is 3.21. The van der Waals surface area contributed by atoms with Crippen LogP contribution in [-0.4, -0.2) is 52.5 Å². The minimum Gasteiger partial charge on any atom is -0.346 e. The molecule has 0 unspecified atom stereocenters. The van der Waals surface area contributed by atoms with E-state index in [4.69, 9.17) is 5.73 Å². The van der Waals surface area contributed by atoms with Gasteiger partial charge in [-0.15, -0.1) is 11.3 Å². The molecule has 1 saturated heterocycles. The Balaban J connectivity index is 1.60. The Morgan fingerprint density at radius 2 is 2.26 bits per heavy atom. The summed E-state index contributed by atoms with van der Waals surface area (Å²) in [4.78, 5) is 18.5. The van der Waals surface area contributed by atoms with E-state index in [0.29, 0.717) is 11.3 Å². The minimum absolute atomic E-state index is 0.0735. The molecule has 1 fully saturated rings. The minimum atomic E-state index is -3.17. The number of nitrogens with two attached hydrogens (primary N) is 1. The summed E-state index contributed by atoms with van der Waals surface area (Å²) < 4.78 is 25.4. The molecule has 0 spiro atoms. The number of imidazole rings is 1. The van der Waals surface area contributed by atoms with Crippen LogP contribution in [0.1, 0.15) is 21.0 Å². The maximum absolute atomic E-state index is 12.7. The van der Waals surface area contributed by atoms with Crippen LogP contribution in [0.15, 0.2) is 30.6 Å². The molecule has 0 bridgehead atoms. The molecule has 4 heterocycles. The van der Waals surface area contributed by atoms with Gasteiger partial charge in [0.2, 0.25) is 0 Å². The Morgan fingerprint density at radius 3 is 3.07 bits per heavy atom. The molecule has 3 aromatic rings. The fourth-order valence-corrected chi connectivity index (χ4v) is 5.85. The zero-order valence-corrected chi connectivity index (χ0v) is 16.3. The highest BCUT2D eigenvalue weighted by Crippen LogP contribution is 2.31. The highest BCUT2D eigenvalue weighted by atomic mass is 32.2. The summed E-state index contributed by atoms with van der Waals surface area (Å²) in [5.74, 6) is -0.355. The topological polar surface area (TPSA) is 119 Å². The highest BCUT2D eigenvalue weighted by Gasteiger charge is 2.32. The summed E-state index contributed by atoms with van der Waals surface area (Å²) in [6, 6.07) is 4.53. The predicted octanol–water partition coefficient (Wildman–Crippen LogP) is 1.01. The fraction of sp³-hybridized carbons (Fsp3) is 0.353. The van der Waals surface area contributed by atoms with E-state index in [9.17, 15) is 13.2 Å². The van der Waals surface area contributed by atoms with Crippen molar-refractivity contribution in [3.8, 4) is 11.3 Å². The SMILES string of the molecule is Cc1sc(C(=O)N[C@H]2CS(=O)(=O)CC[C@H]2N)cc1-c1cnc2cccnn12. The molecule has 0 aliphatic carbocycles. The second-order valence-corrected chi connectivity index (χ2v) is 10.1. The molecule has 0 aromatic carbocycles. The maximum Gasteiger partial charge on any atom is 0.261 e. The first-order valence-electron chi connectivity index (χ1n) is 8.50. The van der Waals surface area contributed by atoms with E-state index in [2.05, 4.69) is 15.4 Å². The molecule has 1 amide bonds. The first kappa shape index (κ1) is 18.1. The number of fused-ring (bicyclic) bond motifs is 1. The van der Waals surface area contributed by atoms with Crippen LogP contribution >= 0.6 is 11.3 Å². The fourth-order valence-electron chi connectivity index (χ4n) is 3.25. The van der Waals surface area contributed by atoms with Crippen molar-refractivity contribution in [2.24, 2.45) is 5.73 Å². The van der Waals surface area contributed by atoms with E-state index in [0.717, 1.165) is 21.8 Å². The van der Waals surface area contributed by atoms with Gasteiger partial charge in [0.1, 0.15) is 0 Å². The van der Waals surface area contributed by atoms with Crippen LogP contribution in [0, 0.1) is 6.92 Å². The number of carbonyl (C=O) groups is 1. The number of thiophene rings is 1. The molecule has 0 saturated carbocycles. The lowest BCUT2D eigenvalue weighted by molar-refractivity contribution is 0.0938. The second-order valence-electron chi connectivity index (χ2n) is 6.66. The highest BCUT2D eigenvalue weighted by molar-refractivity contribution is 7.91. The Hall–Kier alpha value is -2.30. The van der Waals surface area contributed by atoms with Gasteiger partial charge in [0, 0.05) is 22.7 Å². The predicted molar refractivity (Wildman–Crippen MR) is 104 cm³/mol. The van der Waals surface area contributed by atoms with Crippen molar-refractivity contribution in [3.63, 3.8) is 0 Å². The Bertz CT molecular complexity index is 1120. The van der Waals surface area contributed by atoms with Crippen molar-refractivity contribution >= 4 is 32.7 Å². The van der Waals surface area contributed by atoms with E-state index < -0.39 is 15.9 Å². The number of hydrogen-bond acceptors (Lipinski definition) is 7. The molecule has 0 radical (unpaired) electrons. The number of nitrogens with one attached hydrogen (secondary N) is 1. The normalized spacial score (nSPS) is 22.0. The Kier molecular flexibility index (Phi) is 4.49. The molecule has 27 heavy (non-hydrogen) atoms. The third-order valence-electron chi connectivity index (χ3n) is 4.72. The van der Waals surface area contributed by atoms with Gasteiger partial charge in [-0.2, -0.15) is 5.10 Å². The summed E-state index contributed by atoms with van der Waals surface area (Å²) in [6.07, 6.45) is 3.76. The monoisotopic (exact) mass is 405 g/mol. The first-order chi connectivity index (χ1) is 12.8. The molecular formula is C17H19N5O3S2. The van der Waals surface area contributed by atoms with Crippen LogP contribution < -0.4 is 11.1 Å². The van der Waals surface area contributed by atoms with E-state index in [1.165, 1.54) is 11.3 Å². The lowest BCUT2D eigenvalue weighted by Gasteiger charge is -2.28. The smallest absolute Gasteiger partial charge is 0.261 e. The second kappa shape index (κ2) is 6.70. The number of aryl methyl sites for hydroxylation is 1. The van der Waals surface area contributed by atoms with Gasteiger partial charge in [-0.25, -0.2) is 17.9 Å². The quantitative estimate of drug-likeness (QED) is 0.671. The number of hydrogen-bond donors (Lipinski definition) is 2. The summed E-state index contributed by atoms with van der Waals surface area (Å²) in [5.41, 5.74) is 8.40. The van der Waals surface area contributed by atoms with Gasteiger partial charge in [0.05, 0.1) is 34.3 Å². The van der Waals surface area contributed by atoms with Gasteiger partial charge >= 0.3 is 0 Å². The largest absolute Gasteiger partial charge is 0.346 e. The summed E-state index contributed by atoms with van der Waals surface area (Å²) in [5, 5.41) is 7.10. The van der Waals surface area contributed by atoms with Gasteiger partial charge in [-0.1, -0.05) is 0 Å². The van der Waals surface area contributed by atoms with Gasteiger partial charge in [0.15, 0.2) is 15.5 Å². The number of amides is 1. The standard InChI is InChI=1S/C17H19N5O3S2/c1-10-11(14-8-19-16-3-2-5-20-22(14)16)7-15(26-10)17(23)21-13-9-27(24,25)6-4-12(13)18/h2-3,5,7-8,12-13H,4,6,9,18H2,1H3,(H,21,23)/t12-,13+/m1/s1. The van der Waals surface area contributed by atoms with Gasteiger partial charge in [0.25, 0.3) is 5.91 Å². The molecule has 10 heteroatoms. The van der Waals surface area contributed by atoms with Crippen LogP contribution in [0.5, 0.6) is 0 Å². The van der Waals surface area contributed by atoms with E-state index in [1.807, 2.05) is 19.1 Å². The molecule has 1 aliphatic heterocycles. The summed E-state index contributed by atoms with van der Waals surface area (Å²) in [7, 11) is -3.17.